The van der Waals surface area contributed by atoms with E-state index in [4.69, 9.17) is 5.11 Å². The molecule has 7 nitrogen and oxygen atoms in total. The number of carbonyl (C=O) groups is 1. The second-order valence-corrected chi connectivity index (χ2v) is 8.43. The van der Waals surface area contributed by atoms with Crippen LogP contribution >= 0.6 is 0 Å². The lowest BCUT2D eigenvalue weighted by atomic mass is 10.2. The fraction of sp³-hybridized carbons (Fsp3) is 0.417. The van der Waals surface area contributed by atoms with Gasteiger partial charge in [-0.05, 0) is 37.6 Å². The van der Waals surface area contributed by atoms with Gasteiger partial charge in [0.2, 0.25) is 10.0 Å². The van der Waals surface area contributed by atoms with Crippen LogP contribution in [0.2, 0.25) is 0 Å². The van der Waals surface area contributed by atoms with Crippen molar-refractivity contribution in [2.24, 2.45) is 0 Å². The summed E-state index contributed by atoms with van der Waals surface area (Å²) >= 11 is 0. The highest BCUT2D eigenvalue weighted by Gasteiger charge is 2.18. The summed E-state index contributed by atoms with van der Waals surface area (Å²) in [5, 5.41) is 8.55. The lowest BCUT2D eigenvalue weighted by Gasteiger charge is -2.13. The van der Waals surface area contributed by atoms with Crippen LogP contribution in [0.5, 0.6) is 0 Å². The van der Waals surface area contributed by atoms with Crippen LogP contribution in [0.25, 0.3) is 0 Å². The summed E-state index contributed by atoms with van der Waals surface area (Å²) in [5.74, 6) is -1.00. The molecule has 0 aliphatic carbocycles. The Bertz CT molecular complexity index is 707. The summed E-state index contributed by atoms with van der Waals surface area (Å²) in [6, 6.07) is 4.28. The number of aliphatic carboxylic acids is 1. The maximum Gasteiger partial charge on any atom is 0.303 e. The average Bonchev–Trinajstić information content (AvgIpc) is 2.35. The first-order chi connectivity index (χ1) is 9.52. The number of hydrogen-bond donors (Lipinski definition) is 2. The number of sulfonamides is 1. The van der Waals surface area contributed by atoms with Crippen LogP contribution < -0.4 is 4.72 Å². The lowest BCUT2D eigenvalue weighted by Crippen LogP contribution is -2.33. The lowest BCUT2D eigenvalue weighted by molar-refractivity contribution is -0.137. The highest BCUT2D eigenvalue weighted by atomic mass is 32.2. The summed E-state index contributed by atoms with van der Waals surface area (Å²) in [4.78, 5) is 10.4. The topological polar surface area (TPSA) is 118 Å². The Labute approximate surface area is 124 Å². The Morgan fingerprint density at radius 1 is 1.14 bits per heavy atom. The van der Waals surface area contributed by atoms with Crippen molar-refractivity contribution in [3.05, 3.63) is 24.3 Å². The van der Waals surface area contributed by atoms with Gasteiger partial charge in [-0.2, -0.15) is 0 Å². The van der Waals surface area contributed by atoms with Crippen LogP contribution in [-0.4, -0.2) is 40.2 Å². The molecule has 1 rings (SSSR count). The van der Waals surface area contributed by atoms with Gasteiger partial charge in [-0.15, -0.1) is 0 Å². The number of rotatable bonds is 7. The SMILES string of the molecule is CC(CCC(=O)O)NS(=O)(=O)c1ccc(S(C)(=O)=O)cc1. The molecule has 0 aliphatic heterocycles. The van der Waals surface area contributed by atoms with Gasteiger partial charge in [-0.1, -0.05) is 0 Å². The molecule has 0 aliphatic rings. The van der Waals surface area contributed by atoms with Crippen molar-refractivity contribution in [3.63, 3.8) is 0 Å². The van der Waals surface area contributed by atoms with E-state index < -0.39 is 31.9 Å². The van der Waals surface area contributed by atoms with Gasteiger partial charge in [0.25, 0.3) is 0 Å². The molecule has 9 heteroatoms. The van der Waals surface area contributed by atoms with Crippen LogP contribution in [0.3, 0.4) is 0 Å². The van der Waals surface area contributed by atoms with Crippen LogP contribution in [0.15, 0.2) is 34.1 Å². The molecule has 0 radical (unpaired) electrons. The maximum atomic E-state index is 12.0. The van der Waals surface area contributed by atoms with Crippen LogP contribution in [0, 0.1) is 0 Å². The molecule has 0 bridgehead atoms. The first-order valence-electron chi connectivity index (χ1n) is 6.06. The van der Waals surface area contributed by atoms with Crippen molar-refractivity contribution in [2.75, 3.05) is 6.26 Å². The van der Waals surface area contributed by atoms with E-state index in [1.54, 1.807) is 6.92 Å². The van der Waals surface area contributed by atoms with E-state index in [9.17, 15) is 21.6 Å². The smallest absolute Gasteiger partial charge is 0.303 e. The van der Waals surface area contributed by atoms with Crippen LogP contribution in [0.1, 0.15) is 19.8 Å². The largest absolute Gasteiger partial charge is 0.481 e. The first-order valence-corrected chi connectivity index (χ1v) is 9.44. The summed E-state index contributed by atoms with van der Waals surface area (Å²) in [6.07, 6.45) is 1.05. The number of benzene rings is 1. The minimum Gasteiger partial charge on any atom is -0.481 e. The van der Waals surface area contributed by atoms with E-state index in [-0.39, 0.29) is 22.6 Å². The summed E-state index contributed by atoms with van der Waals surface area (Å²) in [5.41, 5.74) is 0. The monoisotopic (exact) mass is 335 g/mol. The van der Waals surface area contributed by atoms with Gasteiger partial charge in [0.15, 0.2) is 9.84 Å². The Balaban J connectivity index is 2.86. The summed E-state index contributed by atoms with van der Waals surface area (Å²) in [7, 11) is -7.19. The second-order valence-electron chi connectivity index (χ2n) is 4.70. The van der Waals surface area contributed by atoms with E-state index >= 15 is 0 Å². The number of hydrogen-bond acceptors (Lipinski definition) is 5. The minimum atomic E-state index is -3.81. The normalized spacial score (nSPS) is 13.8. The van der Waals surface area contributed by atoms with E-state index in [0.717, 1.165) is 6.26 Å². The molecule has 0 fully saturated rings. The molecule has 0 heterocycles. The zero-order chi connectivity index (χ0) is 16.3. The predicted octanol–water partition coefficient (Wildman–Crippen LogP) is 0.622. The molecule has 2 N–H and O–H groups in total. The number of nitrogens with one attached hydrogen (secondary N) is 1. The minimum absolute atomic E-state index is 0.0281. The van der Waals surface area contributed by atoms with Crippen molar-refractivity contribution >= 4 is 25.8 Å². The van der Waals surface area contributed by atoms with E-state index in [1.165, 1.54) is 24.3 Å². The molecule has 1 aromatic carbocycles. The standard InChI is InChI=1S/C12H17NO6S2/c1-9(3-8-12(14)15)13-21(18,19)11-6-4-10(5-7-11)20(2,16)17/h4-7,9,13H,3,8H2,1-2H3,(H,14,15). The van der Waals surface area contributed by atoms with Gasteiger partial charge >= 0.3 is 5.97 Å². The Hall–Kier alpha value is -1.45. The molecule has 0 amide bonds. The Morgan fingerprint density at radius 3 is 2.05 bits per heavy atom. The first kappa shape index (κ1) is 17.6. The Morgan fingerprint density at radius 2 is 1.62 bits per heavy atom. The van der Waals surface area contributed by atoms with E-state index in [0.29, 0.717) is 0 Å². The Kier molecular flexibility index (Phi) is 5.48. The highest BCUT2D eigenvalue weighted by molar-refractivity contribution is 7.90. The van der Waals surface area contributed by atoms with Crippen molar-refractivity contribution < 1.29 is 26.7 Å². The van der Waals surface area contributed by atoms with Crippen LogP contribution in [-0.2, 0) is 24.7 Å². The molecule has 0 aromatic heterocycles. The van der Waals surface area contributed by atoms with Gasteiger partial charge in [0.1, 0.15) is 0 Å². The summed E-state index contributed by atoms with van der Waals surface area (Å²) < 4.78 is 49.0. The molecule has 118 valence electrons. The molecule has 21 heavy (non-hydrogen) atoms. The van der Waals surface area contributed by atoms with E-state index in [2.05, 4.69) is 4.72 Å². The van der Waals surface area contributed by atoms with Gasteiger partial charge < -0.3 is 5.11 Å². The fourth-order valence-corrected chi connectivity index (χ4v) is 3.51. The third kappa shape index (κ3) is 5.44. The number of carboxylic acid groups (broad SMARTS) is 1. The zero-order valence-electron chi connectivity index (χ0n) is 11.6. The van der Waals surface area contributed by atoms with Crippen LogP contribution in [0.4, 0.5) is 0 Å². The number of sulfone groups is 1. The quantitative estimate of drug-likeness (QED) is 0.754. The van der Waals surface area contributed by atoms with Gasteiger partial charge in [-0.3, -0.25) is 4.79 Å². The van der Waals surface area contributed by atoms with Gasteiger partial charge in [0, 0.05) is 18.7 Å². The van der Waals surface area contributed by atoms with Crippen molar-refractivity contribution in [1.29, 1.82) is 0 Å². The third-order valence-electron chi connectivity index (χ3n) is 2.71. The summed E-state index contributed by atoms with van der Waals surface area (Å²) in [6.45, 7) is 1.56. The zero-order valence-corrected chi connectivity index (χ0v) is 13.2. The van der Waals surface area contributed by atoms with Gasteiger partial charge in [-0.25, -0.2) is 21.6 Å². The van der Waals surface area contributed by atoms with Crippen molar-refractivity contribution in [3.8, 4) is 0 Å². The molecule has 1 aromatic rings. The average molecular weight is 335 g/mol. The molecule has 0 saturated carbocycles. The van der Waals surface area contributed by atoms with E-state index in [1.807, 2.05) is 0 Å². The molecule has 0 saturated heterocycles. The predicted molar refractivity (Wildman–Crippen MR) is 76.2 cm³/mol. The molecule has 1 unspecified atom stereocenters. The molecular formula is C12H17NO6S2. The fourth-order valence-electron chi connectivity index (χ4n) is 1.60. The molecular weight excluding hydrogens is 318 g/mol. The maximum absolute atomic E-state index is 12.0. The number of carboxylic acids is 1. The molecule has 0 spiro atoms. The van der Waals surface area contributed by atoms with Crippen molar-refractivity contribution in [1.82, 2.24) is 4.72 Å². The highest BCUT2D eigenvalue weighted by Crippen LogP contribution is 2.15. The third-order valence-corrected chi connectivity index (χ3v) is 5.44. The second kappa shape index (κ2) is 6.54. The molecule has 1 atom stereocenters. The van der Waals surface area contributed by atoms with Gasteiger partial charge in [0.05, 0.1) is 9.79 Å². The van der Waals surface area contributed by atoms with Crippen molar-refractivity contribution in [2.45, 2.75) is 35.6 Å².